The summed E-state index contributed by atoms with van der Waals surface area (Å²) in [5.41, 5.74) is 0.845. The van der Waals surface area contributed by atoms with Crippen LogP contribution in [-0.2, 0) is 9.59 Å². The Labute approximate surface area is 148 Å². The number of carbonyl (C=O) groups is 2. The van der Waals surface area contributed by atoms with Crippen LogP contribution in [0.2, 0.25) is 0 Å². The van der Waals surface area contributed by atoms with E-state index in [4.69, 9.17) is 0 Å². The van der Waals surface area contributed by atoms with E-state index in [2.05, 4.69) is 22.8 Å². The molecule has 2 fully saturated rings. The molecular formula is C19H26N2O2S. The molecule has 4 nitrogen and oxygen atoms in total. The second kappa shape index (κ2) is 8.56. The summed E-state index contributed by atoms with van der Waals surface area (Å²) in [7, 11) is 0. The van der Waals surface area contributed by atoms with Crippen molar-refractivity contribution in [3.8, 4) is 0 Å². The third-order valence-corrected chi connectivity index (χ3v) is 5.92. The predicted octanol–water partition coefficient (Wildman–Crippen LogP) is 3.97. The molecule has 2 saturated carbocycles. The van der Waals surface area contributed by atoms with Crippen molar-refractivity contribution in [1.29, 1.82) is 0 Å². The minimum atomic E-state index is 0.00636. The van der Waals surface area contributed by atoms with Gasteiger partial charge in [-0.15, -0.1) is 11.8 Å². The minimum Gasteiger partial charge on any atom is -0.356 e. The van der Waals surface area contributed by atoms with E-state index in [1.807, 2.05) is 23.9 Å². The normalized spacial score (nSPS) is 17.7. The van der Waals surface area contributed by atoms with Gasteiger partial charge in [-0.2, -0.15) is 0 Å². The predicted molar refractivity (Wildman–Crippen MR) is 98.2 cm³/mol. The summed E-state index contributed by atoms with van der Waals surface area (Å²) in [6.45, 7) is 0.583. The van der Waals surface area contributed by atoms with Gasteiger partial charge >= 0.3 is 0 Å². The first kappa shape index (κ1) is 17.3. The Bertz CT molecular complexity index is 563. The lowest BCUT2D eigenvalue weighted by Crippen LogP contribution is -2.26. The molecule has 0 radical (unpaired) electrons. The Morgan fingerprint density at radius 2 is 1.75 bits per heavy atom. The summed E-state index contributed by atoms with van der Waals surface area (Å²) >= 11 is 1.95. The van der Waals surface area contributed by atoms with Gasteiger partial charge in [0.2, 0.25) is 11.8 Å². The van der Waals surface area contributed by atoms with Crippen molar-refractivity contribution in [2.75, 3.05) is 11.9 Å². The molecule has 0 aliphatic heterocycles. The van der Waals surface area contributed by atoms with E-state index < -0.39 is 0 Å². The van der Waals surface area contributed by atoms with Crippen LogP contribution in [0.25, 0.3) is 0 Å². The number of amides is 2. The van der Waals surface area contributed by atoms with Gasteiger partial charge in [0.25, 0.3) is 0 Å². The number of benzene rings is 1. The van der Waals surface area contributed by atoms with Gasteiger partial charge in [-0.3, -0.25) is 9.59 Å². The van der Waals surface area contributed by atoms with Crippen LogP contribution in [0, 0.1) is 5.92 Å². The van der Waals surface area contributed by atoms with Crippen molar-refractivity contribution in [3.63, 3.8) is 0 Å². The molecule has 2 amide bonds. The zero-order valence-electron chi connectivity index (χ0n) is 14.1. The van der Waals surface area contributed by atoms with Crippen molar-refractivity contribution >= 4 is 29.3 Å². The second-order valence-corrected chi connectivity index (χ2v) is 8.14. The molecule has 130 valence electrons. The topological polar surface area (TPSA) is 58.2 Å². The molecule has 0 aromatic heterocycles. The van der Waals surface area contributed by atoms with Gasteiger partial charge in [0, 0.05) is 34.7 Å². The molecule has 2 aliphatic carbocycles. The average Bonchev–Trinajstić information content (AvgIpc) is 3.31. The van der Waals surface area contributed by atoms with Gasteiger partial charge in [0.15, 0.2) is 0 Å². The van der Waals surface area contributed by atoms with E-state index in [9.17, 15) is 9.59 Å². The minimum absolute atomic E-state index is 0.00636. The number of carbonyl (C=O) groups excluding carboxylic acids is 2. The molecule has 0 unspecified atom stereocenters. The molecule has 1 aromatic rings. The number of anilines is 1. The highest BCUT2D eigenvalue weighted by molar-refractivity contribution is 8.00. The van der Waals surface area contributed by atoms with Crippen molar-refractivity contribution in [2.45, 2.75) is 61.5 Å². The molecule has 0 saturated heterocycles. The van der Waals surface area contributed by atoms with Crippen LogP contribution in [-0.4, -0.2) is 23.6 Å². The van der Waals surface area contributed by atoms with Crippen LogP contribution in [0.4, 0.5) is 5.69 Å². The fourth-order valence-corrected chi connectivity index (χ4v) is 4.24. The van der Waals surface area contributed by atoms with Crippen LogP contribution in [0.3, 0.4) is 0 Å². The molecule has 0 atom stereocenters. The van der Waals surface area contributed by atoms with E-state index in [1.165, 1.54) is 30.6 Å². The maximum absolute atomic E-state index is 11.9. The Balaban J connectivity index is 1.33. The van der Waals surface area contributed by atoms with E-state index in [1.54, 1.807) is 0 Å². The summed E-state index contributed by atoms with van der Waals surface area (Å²) in [4.78, 5) is 24.7. The van der Waals surface area contributed by atoms with Crippen LogP contribution in [0.5, 0.6) is 0 Å². The van der Waals surface area contributed by atoms with E-state index >= 15 is 0 Å². The fraction of sp³-hybridized carbons (Fsp3) is 0.579. The van der Waals surface area contributed by atoms with Crippen molar-refractivity contribution in [3.05, 3.63) is 24.3 Å². The van der Waals surface area contributed by atoms with Crippen molar-refractivity contribution < 1.29 is 9.59 Å². The first-order chi connectivity index (χ1) is 11.7. The fourth-order valence-electron chi connectivity index (χ4n) is 2.99. The maximum Gasteiger partial charge on any atom is 0.224 e. The molecule has 3 rings (SSSR count). The number of thioether (sulfide) groups is 1. The standard InChI is InChI=1S/C19H26N2O2S/c22-18(6-3-13-20-19(23)14-7-8-14)21-15-9-11-17(12-10-15)24-16-4-1-2-5-16/h9-12,14,16H,1-8,13H2,(H,20,23)(H,21,22). The Morgan fingerprint density at radius 3 is 2.42 bits per heavy atom. The quantitative estimate of drug-likeness (QED) is 0.700. The largest absolute Gasteiger partial charge is 0.356 e. The molecule has 2 N–H and O–H groups in total. The zero-order chi connectivity index (χ0) is 16.8. The SMILES string of the molecule is O=C(CCCNC(=O)C1CC1)Nc1ccc(SC2CCCC2)cc1. The summed E-state index contributed by atoms with van der Waals surface area (Å²) < 4.78 is 0. The number of hydrogen-bond donors (Lipinski definition) is 2. The third-order valence-electron chi connectivity index (χ3n) is 4.57. The lowest BCUT2D eigenvalue weighted by atomic mass is 10.2. The number of rotatable bonds is 8. The molecule has 24 heavy (non-hydrogen) atoms. The van der Waals surface area contributed by atoms with Gasteiger partial charge in [0.1, 0.15) is 0 Å². The molecule has 5 heteroatoms. The highest BCUT2D eigenvalue weighted by atomic mass is 32.2. The van der Waals surface area contributed by atoms with Gasteiger partial charge in [-0.1, -0.05) is 12.8 Å². The second-order valence-electron chi connectivity index (χ2n) is 6.77. The molecule has 0 heterocycles. The van der Waals surface area contributed by atoms with Crippen LogP contribution < -0.4 is 10.6 Å². The molecular weight excluding hydrogens is 320 g/mol. The maximum atomic E-state index is 11.9. The first-order valence-corrected chi connectivity index (χ1v) is 9.93. The summed E-state index contributed by atoms with van der Waals surface area (Å²) in [6.07, 6.45) is 8.49. The summed E-state index contributed by atoms with van der Waals surface area (Å²) in [5, 5.41) is 6.57. The Morgan fingerprint density at radius 1 is 1.04 bits per heavy atom. The van der Waals surface area contributed by atoms with E-state index in [0.29, 0.717) is 19.4 Å². The smallest absolute Gasteiger partial charge is 0.224 e. The summed E-state index contributed by atoms with van der Waals surface area (Å²) in [5.74, 6) is 0.386. The monoisotopic (exact) mass is 346 g/mol. The van der Waals surface area contributed by atoms with Crippen LogP contribution in [0.15, 0.2) is 29.2 Å². The van der Waals surface area contributed by atoms with E-state index in [0.717, 1.165) is 23.8 Å². The molecule has 1 aromatic carbocycles. The van der Waals surface area contributed by atoms with Gasteiger partial charge in [-0.25, -0.2) is 0 Å². The van der Waals surface area contributed by atoms with Crippen LogP contribution >= 0.6 is 11.8 Å². The van der Waals surface area contributed by atoms with Gasteiger partial charge in [0.05, 0.1) is 0 Å². The Hall–Kier alpha value is -1.49. The van der Waals surface area contributed by atoms with Gasteiger partial charge < -0.3 is 10.6 Å². The lowest BCUT2D eigenvalue weighted by molar-refractivity contribution is -0.122. The number of nitrogens with one attached hydrogen (secondary N) is 2. The highest BCUT2D eigenvalue weighted by Gasteiger charge is 2.28. The molecule has 0 spiro atoms. The molecule has 0 bridgehead atoms. The average molecular weight is 346 g/mol. The highest BCUT2D eigenvalue weighted by Crippen LogP contribution is 2.35. The lowest BCUT2D eigenvalue weighted by Gasteiger charge is -2.10. The van der Waals surface area contributed by atoms with Crippen molar-refractivity contribution in [1.82, 2.24) is 5.32 Å². The number of hydrogen-bond acceptors (Lipinski definition) is 3. The first-order valence-electron chi connectivity index (χ1n) is 9.05. The zero-order valence-corrected chi connectivity index (χ0v) is 14.9. The van der Waals surface area contributed by atoms with Gasteiger partial charge in [-0.05, 0) is 56.4 Å². The van der Waals surface area contributed by atoms with E-state index in [-0.39, 0.29) is 17.7 Å². The Kier molecular flexibility index (Phi) is 6.18. The summed E-state index contributed by atoms with van der Waals surface area (Å²) in [6, 6.07) is 8.14. The van der Waals surface area contributed by atoms with Crippen LogP contribution in [0.1, 0.15) is 51.4 Å². The molecule has 2 aliphatic rings. The third kappa shape index (κ3) is 5.55. The van der Waals surface area contributed by atoms with Crippen molar-refractivity contribution in [2.24, 2.45) is 5.92 Å².